The summed E-state index contributed by atoms with van der Waals surface area (Å²) in [6.45, 7) is 1.99. The van der Waals surface area contributed by atoms with Crippen LogP contribution in [-0.4, -0.2) is 12.2 Å². The first-order chi connectivity index (χ1) is 5.22. The number of amides is 1. The van der Waals surface area contributed by atoms with Gasteiger partial charge in [-0.3, -0.25) is 9.59 Å². The molecule has 0 saturated carbocycles. The predicted octanol–water partition coefficient (Wildman–Crippen LogP) is 0.778. The molecular weight excluding hydrogens is 142 g/mol. The van der Waals surface area contributed by atoms with Gasteiger partial charge in [-0.05, 0) is 12.8 Å². The molecule has 63 valence electrons. The van der Waals surface area contributed by atoms with E-state index in [0.29, 0.717) is 12.8 Å². The second kappa shape index (κ2) is 5.89. The monoisotopic (exact) mass is 156 g/mol. The lowest BCUT2D eigenvalue weighted by Gasteiger charge is -2.08. The van der Waals surface area contributed by atoms with Gasteiger partial charge in [0.1, 0.15) is 0 Å². The lowest BCUT2D eigenvalue weighted by molar-refractivity contribution is -0.122. The Kier molecular flexibility index (Phi) is 5.43. The van der Waals surface area contributed by atoms with Crippen molar-refractivity contribution in [3.63, 3.8) is 0 Å². The average Bonchev–Trinajstić information content (AvgIpc) is 1.97. The van der Waals surface area contributed by atoms with Crippen molar-refractivity contribution in [1.29, 1.82) is 0 Å². The maximum atomic E-state index is 10.7. The highest BCUT2D eigenvalue weighted by Gasteiger charge is 2.12. The Morgan fingerprint density at radius 1 is 1.55 bits per heavy atom. The zero-order chi connectivity index (χ0) is 8.69. The van der Waals surface area contributed by atoms with Gasteiger partial charge in [-0.25, -0.2) is 0 Å². The van der Waals surface area contributed by atoms with E-state index < -0.39 is 0 Å². The van der Waals surface area contributed by atoms with Crippen molar-refractivity contribution in [2.75, 3.05) is 0 Å². The van der Waals surface area contributed by atoms with Crippen molar-refractivity contribution >= 4 is 12.2 Å². The molecule has 2 N–H and O–H groups in total. The second-order valence-corrected chi connectivity index (χ2v) is 2.57. The molecule has 0 fully saturated rings. The standard InChI is InChI=1S/C8H14NO2/c1-2-4-7(8(9)11)5-3-6-10/h7H,2-5H2,1H3,(H2,9,11). The Hall–Kier alpha value is -0.860. The molecule has 3 nitrogen and oxygen atoms in total. The zero-order valence-corrected chi connectivity index (χ0v) is 6.80. The van der Waals surface area contributed by atoms with Crippen LogP contribution in [0.25, 0.3) is 0 Å². The number of rotatable bonds is 6. The van der Waals surface area contributed by atoms with Crippen LogP contribution in [0.5, 0.6) is 0 Å². The van der Waals surface area contributed by atoms with Crippen molar-refractivity contribution in [2.24, 2.45) is 11.7 Å². The fraction of sp³-hybridized carbons (Fsp3) is 0.750. The fourth-order valence-electron chi connectivity index (χ4n) is 1.01. The third-order valence-corrected chi connectivity index (χ3v) is 1.63. The molecule has 0 heterocycles. The number of primary amides is 1. The molecule has 0 aromatic carbocycles. The lowest BCUT2D eigenvalue weighted by atomic mass is 9.98. The highest BCUT2D eigenvalue weighted by molar-refractivity contribution is 5.76. The minimum atomic E-state index is -0.304. The summed E-state index contributed by atoms with van der Waals surface area (Å²) in [5.41, 5.74) is 5.09. The zero-order valence-electron chi connectivity index (χ0n) is 6.80. The molecule has 0 aromatic heterocycles. The normalized spacial score (nSPS) is 12.5. The summed E-state index contributed by atoms with van der Waals surface area (Å²) in [5, 5.41) is 0. The van der Waals surface area contributed by atoms with Crippen LogP contribution in [0.4, 0.5) is 0 Å². The van der Waals surface area contributed by atoms with Crippen LogP contribution in [0.15, 0.2) is 0 Å². The molecule has 0 aromatic rings. The molecule has 3 heteroatoms. The molecule has 11 heavy (non-hydrogen) atoms. The molecule has 1 unspecified atom stereocenters. The largest absolute Gasteiger partial charge is 0.369 e. The van der Waals surface area contributed by atoms with Gasteiger partial charge in [-0.1, -0.05) is 13.3 Å². The third kappa shape index (κ3) is 4.53. The Labute approximate surface area is 67.0 Å². The van der Waals surface area contributed by atoms with Crippen molar-refractivity contribution in [1.82, 2.24) is 0 Å². The first-order valence-corrected chi connectivity index (χ1v) is 3.86. The van der Waals surface area contributed by atoms with Gasteiger partial charge in [0.25, 0.3) is 0 Å². The summed E-state index contributed by atoms with van der Waals surface area (Å²) >= 11 is 0. The summed E-state index contributed by atoms with van der Waals surface area (Å²) in [6.07, 6.45) is 4.31. The maximum absolute atomic E-state index is 10.7. The Balaban J connectivity index is 3.68. The maximum Gasteiger partial charge on any atom is 0.220 e. The molecule has 0 bridgehead atoms. The molecule has 0 spiro atoms. The molecule has 0 aliphatic rings. The van der Waals surface area contributed by atoms with Gasteiger partial charge in [0, 0.05) is 12.3 Å². The number of hydrogen-bond donors (Lipinski definition) is 1. The van der Waals surface area contributed by atoms with Crippen molar-refractivity contribution in [3.05, 3.63) is 0 Å². The Bertz CT molecular complexity index is 134. The van der Waals surface area contributed by atoms with Gasteiger partial charge in [0.15, 0.2) is 6.29 Å². The van der Waals surface area contributed by atoms with E-state index in [9.17, 15) is 9.59 Å². The highest BCUT2D eigenvalue weighted by Crippen LogP contribution is 2.11. The molecule has 1 amide bonds. The Morgan fingerprint density at radius 2 is 2.18 bits per heavy atom. The van der Waals surface area contributed by atoms with Crippen LogP contribution in [0.3, 0.4) is 0 Å². The number of carbonyl (C=O) groups is 1. The fourth-order valence-corrected chi connectivity index (χ4v) is 1.01. The molecule has 0 aliphatic heterocycles. The number of nitrogens with two attached hydrogens (primary N) is 1. The molecule has 0 saturated heterocycles. The van der Waals surface area contributed by atoms with Crippen molar-refractivity contribution < 1.29 is 9.59 Å². The van der Waals surface area contributed by atoms with E-state index in [1.54, 1.807) is 6.29 Å². The van der Waals surface area contributed by atoms with Gasteiger partial charge in [-0.2, -0.15) is 0 Å². The van der Waals surface area contributed by atoms with Gasteiger partial charge < -0.3 is 5.73 Å². The van der Waals surface area contributed by atoms with E-state index >= 15 is 0 Å². The van der Waals surface area contributed by atoms with Crippen LogP contribution < -0.4 is 5.73 Å². The van der Waals surface area contributed by atoms with E-state index in [1.165, 1.54) is 0 Å². The van der Waals surface area contributed by atoms with Crippen molar-refractivity contribution in [3.8, 4) is 0 Å². The smallest absolute Gasteiger partial charge is 0.220 e. The molecule has 0 rings (SSSR count). The van der Waals surface area contributed by atoms with E-state index in [2.05, 4.69) is 0 Å². The molecular formula is C8H14NO2. The summed E-state index contributed by atoms with van der Waals surface area (Å²) in [7, 11) is 0. The molecule has 0 aliphatic carbocycles. The lowest BCUT2D eigenvalue weighted by Crippen LogP contribution is -2.23. The topological polar surface area (TPSA) is 60.2 Å². The van der Waals surface area contributed by atoms with Crippen LogP contribution >= 0.6 is 0 Å². The van der Waals surface area contributed by atoms with E-state index in [0.717, 1.165) is 12.8 Å². The summed E-state index contributed by atoms with van der Waals surface area (Å²) < 4.78 is 0. The van der Waals surface area contributed by atoms with Crippen LogP contribution in [0.2, 0.25) is 0 Å². The van der Waals surface area contributed by atoms with E-state index in [-0.39, 0.29) is 11.8 Å². The van der Waals surface area contributed by atoms with Crippen LogP contribution in [0, 0.1) is 5.92 Å². The average molecular weight is 156 g/mol. The molecule has 1 atom stereocenters. The Morgan fingerprint density at radius 3 is 2.55 bits per heavy atom. The SMILES string of the molecule is CCCC(CC[C]=O)C(N)=O. The van der Waals surface area contributed by atoms with E-state index in [1.807, 2.05) is 6.92 Å². The van der Waals surface area contributed by atoms with Crippen LogP contribution in [-0.2, 0) is 9.59 Å². The minimum absolute atomic E-state index is 0.138. The van der Waals surface area contributed by atoms with Crippen LogP contribution in [0.1, 0.15) is 32.6 Å². The first kappa shape index (κ1) is 10.1. The molecule has 1 radical (unpaired) electrons. The second-order valence-electron chi connectivity index (χ2n) is 2.57. The summed E-state index contributed by atoms with van der Waals surface area (Å²) in [4.78, 5) is 20.5. The highest BCUT2D eigenvalue weighted by atomic mass is 16.1. The number of hydrogen-bond acceptors (Lipinski definition) is 2. The van der Waals surface area contributed by atoms with Gasteiger partial charge in [0.2, 0.25) is 5.91 Å². The summed E-state index contributed by atoms with van der Waals surface area (Å²) in [5.74, 6) is -0.441. The summed E-state index contributed by atoms with van der Waals surface area (Å²) in [6, 6.07) is 0. The quantitative estimate of drug-likeness (QED) is 0.617. The first-order valence-electron chi connectivity index (χ1n) is 3.86. The van der Waals surface area contributed by atoms with Crippen molar-refractivity contribution in [2.45, 2.75) is 32.6 Å². The van der Waals surface area contributed by atoms with Gasteiger partial charge in [-0.15, -0.1) is 0 Å². The predicted molar refractivity (Wildman–Crippen MR) is 42.5 cm³/mol. The van der Waals surface area contributed by atoms with Gasteiger partial charge in [0.05, 0.1) is 0 Å². The van der Waals surface area contributed by atoms with Gasteiger partial charge >= 0.3 is 0 Å². The third-order valence-electron chi connectivity index (χ3n) is 1.63. The minimum Gasteiger partial charge on any atom is -0.369 e. The van der Waals surface area contributed by atoms with E-state index in [4.69, 9.17) is 5.73 Å². The number of carbonyl (C=O) groups excluding carboxylic acids is 2.